The molecule has 0 spiro atoms. The zero-order valence-electron chi connectivity index (χ0n) is 15.1. The molecular weight excluding hydrogens is 336 g/mol. The number of hydrogen-bond donors (Lipinski definition) is 1. The van der Waals surface area contributed by atoms with Crippen LogP contribution in [0.25, 0.3) is 0 Å². The average molecular weight is 358 g/mol. The summed E-state index contributed by atoms with van der Waals surface area (Å²) in [5, 5.41) is 10.2. The molecule has 0 aliphatic carbocycles. The quantitative estimate of drug-likeness (QED) is 0.840. The minimum atomic E-state index is -0.595. The van der Waals surface area contributed by atoms with Crippen molar-refractivity contribution in [2.75, 3.05) is 18.6 Å². The fourth-order valence-corrected chi connectivity index (χ4v) is 3.51. The molecule has 3 rings (SSSR count). The fourth-order valence-electron chi connectivity index (χ4n) is 3.51. The molecule has 1 N–H and O–H groups in total. The van der Waals surface area contributed by atoms with Crippen molar-refractivity contribution >= 4 is 17.7 Å². The number of nitrogens with zero attached hydrogens (tertiary/aromatic N) is 2. The van der Waals surface area contributed by atoms with Crippen molar-refractivity contribution in [3.8, 4) is 11.5 Å². The largest absolute Gasteiger partial charge is 0.504 e. The summed E-state index contributed by atoms with van der Waals surface area (Å²) in [4.78, 5) is 28.9. The molecule has 0 fully saturated rings. The molecular formula is C19H22N2O5. The monoisotopic (exact) mass is 358 g/mol. The molecule has 0 radical (unpaired) electrons. The van der Waals surface area contributed by atoms with Gasteiger partial charge in [0.15, 0.2) is 11.5 Å². The number of benzene rings is 1. The van der Waals surface area contributed by atoms with Crippen molar-refractivity contribution in [2.24, 2.45) is 0 Å². The maximum Gasteiger partial charge on any atom is 0.414 e. The van der Waals surface area contributed by atoms with E-state index in [1.165, 1.54) is 30.2 Å². The molecule has 138 valence electrons. The Hall–Kier alpha value is -2.96. The lowest BCUT2D eigenvalue weighted by Crippen LogP contribution is -2.48. The van der Waals surface area contributed by atoms with Gasteiger partial charge in [0, 0.05) is 12.3 Å². The zero-order valence-corrected chi connectivity index (χ0v) is 15.1. The summed E-state index contributed by atoms with van der Waals surface area (Å²) in [5.41, 5.74) is 1.63. The maximum atomic E-state index is 13.1. The number of carbonyl (C=O) groups is 2. The predicted octanol–water partition coefficient (Wildman–Crippen LogP) is 3.05. The average Bonchev–Trinajstić information content (AvgIpc) is 2.98. The van der Waals surface area contributed by atoms with Gasteiger partial charge in [-0.3, -0.25) is 9.69 Å². The van der Waals surface area contributed by atoms with E-state index >= 15 is 0 Å². The first kappa shape index (κ1) is 17.8. The van der Waals surface area contributed by atoms with Gasteiger partial charge in [0.2, 0.25) is 0 Å². The van der Waals surface area contributed by atoms with E-state index < -0.39 is 6.09 Å². The van der Waals surface area contributed by atoms with Crippen molar-refractivity contribution in [3.63, 3.8) is 0 Å². The number of methoxy groups -OCH3 is 1. The molecule has 1 aromatic carbocycles. The van der Waals surface area contributed by atoms with E-state index in [0.717, 1.165) is 5.57 Å². The van der Waals surface area contributed by atoms with Crippen LogP contribution in [-0.2, 0) is 4.74 Å². The van der Waals surface area contributed by atoms with E-state index in [1.807, 2.05) is 20.0 Å². The van der Waals surface area contributed by atoms with Gasteiger partial charge >= 0.3 is 6.09 Å². The highest BCUT2D eigenvalue weighted by Gasteiger charge is 2.43. The second kappa shape index (κ2) is 6.74. The van der Waals surface area contributed by atoms with Crippen molar-refractivity contribution < 1.29 is 24.2 Å². The third kappa shape index (κ3) is 2.79. The number of phenols is 1. The van der Waals surface area contributed by atoms with Gasteiger partial charge in [-0.25, -0.2) is 4.79 Å². The number of rotatable bonds is 3. The molecule has 0 saturated carbocycles. The number of ether oxygens (including phenoxy) is 2. The first-order valence-corrected chi connectivity index (χ1v) is 8.36. The van der Waals surface area contributed by atoms with Gasteiger partial charge in [0.1, 0.15) is 6.61 Å². The fraction of sp³-hybridized carbons (Fsp3) is 0.368. The lowest BCUT2D eigenvalue weighted by molar-refractivity contribution is 0.0777. The molecule has 26 heavy (non-hydrogen) atoms. The molecule has 2 atom stereocenters. The van der Waals surface area contributed by atoms with Crippen LogP contribution in [0.2, 0.25) is 0 Å². The van der Waals surface area contributed by atoms with Crippen molar-refractivity contribution in [1.82, 2.24) is 4.90 Å². The predicted molar refractivity (Wildman–Crippen MR) is 96.5 cm³/mol. The van der Waals surface area contributed by atoms with Gasteiger partial charge in [-0.1, -0.05) is 18.2 Å². The Morgan fingerprint density at radius 3 is 2.85 bits per heavy atom. The molecule has 2 amide bonds. The van der Waals surface area contributed by atoms with E-state index in [0.29, 0.717) is 12.1 Å². The van der Waals surface area contributed by atoms with Gasteiger partial charge in [-0.15, -0.1) is 0 Å². The standard InChI is InChI=1S/C19H22N2O5/c1-5-6-26-19(24)21-12(3)14-7-11(2)10-20(14)18(23)13-8-17(25-4)16(22)9-15(13)21/h5,8-10,12,14,22H,1,6-7H2,2-4H3/t12-,14-/m0/s1. The minimum Gasteiger partial charge on any atom is -0.504 e. The third-order valence-electron chi connectivity index (χ3n) is 4.76. The number of carbonyl (C=O) groups excluding carboxylic acids is 2. The minimum absolute atomic E-state index is 0.0547. The van der Waals surface area contributed by atoms with E-state index in [9.17, 15) is 14.7 Å². The SMILES string of the molecule is C=CCOC(=O)N1c2cc(O)c(OC)cc2C(=O)N2C=C(C)C[C@H]2[C@@H]1C. The van der Waals surface area contributed by atoms with Gasteiger partial charge < -0.3 is 19.5 Å². The summed E-state index contributed by atoms with van der Waals surface area (Å²) < 4.78 is 10.4. The van der Waals surface area contributed by atoms with Crippen LogP contribution in [0.1, 0.15) is 30.6 Å². The third-order valence-corrected chi connectivity index (χ3v) is 4.76. The first-order chi connectivity index (χ1) is 12.4. The molecule has 0 aromatic heterocycles. The van der Waals surface area contributed by atoms with E-state index in [-0.39, 0.29) is 41.7 Å². The molecule has 0 bridgehead atoms. The van der Waals surface area contributed by atoms with Gasteiger partial charge in [-0.2, -0.15) is 0 Å². The van der Waals surface area contributed by atoms with E-state index in [4.69, 9.17) is 9.47 Å². The second-order valence-corrected chi connectivity index (χ2v) is 6.48. The number of fused-ring (bicyclic) bond motifs is 2. The van der Waals surface area contributed by atoms with Gasteiger partial charge in [0.25, 0.3) is 5.91 Å². The molecule has 2 heterocycles. The molecule has 2 aliphatic heterocycles. The Bertz CT molecular complexity index is 801. The smallest absolute Gasteiger partial charge is 0.414 e. The summed E-state index contributed by atoms with van der Waals surface area (Å²) in [5.74, 6) is -0.227. The summed E-state index contributed by atoms with van der Waals surface area (Å²) in [6.45, 7) is 7.42. The second-order valence-electron chi connectivity index (χ2n) is 6.48. The molecule has 0 unspecified atom stereocenters. The van der Waals surface area contributed by atoms with Crippen LogP contribution in [-0.4, -0.2) is 47.8 Å². The van der Waals surface area contributed by atoms with E-state index in [2.05, 4.69) is 6.58 Å². The highest BCUT2D eigenvalue weighted by Crippen LogP contribution is 2.41. The van der Waals surface area contributed by atoms with Gasteiger partial charge in [-0.05, 0) is 26.3 Å². The van der Waals surface area contributed by atoms with Crippen LogP contribution < -0.4 is 9.64 Å². The van der Waals surface area contributed by atoms with Crippen LogP contribution >= 0.6 is 0 Å². The highest BCUT2D eigenvalue weighted by molar-refractivity contribution is 6.06. The molecule has 1 aromatic rings. The lowest BCUT2D eigenvalue weighted by Gasteiger charge is -2.32. The zero-order chi connectivity index (χ0) is 19.0. The van der Waals surface area contributed by atoms with Crippen LogP contribution in [0.3, 0.4) is 0 Å². The number of hydrogen-bond acceptors (Lipinski definition) is 5. The van der Waals surface area contributed by atoms with Crippen LogP contribution in [0.5, 0.6) is 11.5 Å². The number of anilines is 1. The summed E-state index contributed by atoms with van der Waals surface area (Å²) in [6, 6.07) is 2.27. The lowest BCUT2D eigenvalue weighted by atomic mass is 10.0. The van der Waals surface area contributed by atoms with Crippen LogP contribution in [0.15, 0.2) is 36.6 Å². The van der Waals surface area contributed by atoms with Crippen molar-refractivity contribution in [3.05, 3.63) is 42.1 Å². The molecule has 7 nitrogen and oxygen atoms in total. The van der Waals surface area contributed by atoms with Crippen molar-refractivity contribution in [1.29, 1.82) is 0 Å². The number of amides is 2. The molecule has 7 heteroatoms. The Balaban J connectivity index is 2.17. The van der Waals surface area contributed by atoms with Crippen molar-refractivity contribution in [2.45, 2.75) is 32.4 Å². The Labute approximate surface area is 152 Å². The normalized spacial score (nSPS) is 21.5. The molecule has 0 saturated heterocycles. The Morgan fingerprint density at radius 2 is 2.19 bits per heavy atom. The number of phenolic OH excluding ortho intramolecular Hbond substituents is 1. The Kier molecular flexibility index (Phi) is 4.63. The Morgan fingerprint density at radius 1 is 1.46 bits per heavy atom. The van der Waals surface area contributed by atoms with Crippen LogP contribution in [0, 0.1) is 0 Å². The highest BCUT2D eigenvalue weighted by atomic mass is 16.6. The van der Waals surface area contributed by atoms with E-state index in [1.54, 1.807) is 4.90 Å². The number of aromatic hydroxyl groups is 1. The summed E-state index contributed by atoms with van der Waals surface area (Å²) >= 11 is 0. The summed E-state index contributed by atoms with van der Waals surface area (Å²) in [6.07, 6.45) is 3.36. The topological polar surface area (TPSA) is 79.3 Å². The van der Waals surface area contributed by atoms with Gasteiger partial charge in [0.05, 0.1) is 30.4 Å². The summed E-state index contributed by atoms with van der Waals surface area (Å²) in [7, 11) is 1.41. The first-order valence-electron chi connectivity index (χ1n) is 8.36. The molecule has 2 aliphatic rings. The van der Waals surface area contributed by atoms with Crippen LogP contribution in [0.4, 0.5) is 10.5 Å². The maximum absolute atomic E-state index is 13.1.